The van der Waals surface area contributed by atoms with Crippen LogP contribution in [0.4, 0.5) is 0 Å². The predicted molar refractivity (Wildman–Crippen MR) is 81.7 cm³/mol. The summed E-state index contributed by atoms with van der Waals surface area (Å²) in [4.78, 5) is 14.2. The highest BCUT2D eigenvalue weighted by molar-refractivity contribution is 5.96. The second kappa shape index (κ2) is 5.20. The van der Waals surface area contributed by atoms with Crippen molar-refractivity contribution in [1.82, 2.24) is 19.9 Å². The number of para-hydroxylation sites is 1. The van der Waals surface area contributed by atoms with Crippen molar-refractivity contribution in [3.05, 3.63) is 48.5 Å². The highest BCUT2D eigenvalue weighted by atomic mass is 16.3. The van der Waals surface area contributed by atoms with E-state index in [4.69, 9.17) is 4.42 Å². The van der Waals surface area contributed by atoms with E-state index in [9.17, 15) is 9.90 Å². The van der Waals surface area contributed by atoms with Crippen molar-refractivity contribution in [3.63, 3.8) is 0 Å². The summed E-state index contributed by atoms with van der Waals surface area (Å²) >= 11 is 0. The Bertz CT molecular complexity index is 809. The Labute approximate surface area is 132 Å². The van der Waals surface area contributed by atoms with Crippen molar-refractivity contribution >= 4 is 16.9 Å². The van der Waals surface area contributed by atoms with Crippen LogP contribution in [0.5, 0.6) is 0 Å². The van der Waals surface area contributed by atoms with E-state index in [2.05, 4.69) is 10.3 Å². The van der Waals surface area contributed by atoms with Gasteiger partial charge in [0.15, 0.2) is 5.76 Å². The lowest BCUT2D eigenvalue weighted by Crippen LogP contribution is -2.39. The van der Waals surface area contributed by atoms with E-state index < -0.39 is 5.60 Å². The number of nitrogens with zero attached hydrogens (tertiary/aromatic N) is 4. The Morgan fingerprint density at radius 2 is 2.26 bits per heavy atom. The van der Waals surface area contributed by atoms with Gasteiger partial charge in [-0.2, -0.15) is 0 Å². The zero-order valence-corrected chi connectivity index (χ0v) is 12.4. The van der Waals surface area contributed by atoms with Crippen molar-refractivity contribution in [2.75, 3.05) is 13.1 Å². The van der Waals surface area contributed by atoms with Crippen LogP contribution in [0.1, 0.15) is 17.0 Å². The Balaban J connectivity index is 1.51. The zero-order valence-electron chi connectivity index (χ0n) is 12.4. The number of aliphatic hydroxyl groups is 1. The number of β-amino-alcohol motifs (C(OH)–C–C–N with tert-alkyl or cyclic N) is 1. The highest BCUT2D eigenvalue weighted by Gasteiger charge is 2.39. The quantitative estimate of drug-likeness (QED) is 0.788. The van der Waals surface area contributed by atoms with Crippen molar-refractivity contribution in [1.29, 1.82) is 0 Å². The van der Waals surface area contributed by atoms with E-state index in [1.54, 1.807) is 28.0 Å². The van der Waals surface area contributed by atoms with E-state index in [1.807, 2.05) is 24.3 Å². The second-order valence-electron chi connectivity index (χ2n) is 5.95. The first-order valence-corrected chi connectivity index (χ1v) is 7.47. The van der Waals surface area contributed by atoms with Crippen LogP contribution < -0.4 is 0 Å². The molecule has 0 radical (unpaired) electrons. The van der Waals surface area contributed by atoms with Gasteiger partial charge in [-0.3, -0.25) is 4.79 Å². The molecule has 1 aliphatic heterocycles. The first-order chi connectivity index (χ1) is 11.1. The minimum absolute atomic E-state index is 0.198. The smallest absolute Gasteiger partial charge is 0.289 e. The van der Waals surface area contributed by atoms with Crippen LogP contribution in [0.25, 0.3) is 11.0 Å². The molecule has 4 rings (SSSR count). The summed E-state index contributed by atoms with van der Waals surface area (Å²) in [5.41, 5.74) is -0.303. The SMILES string of the molecule is O=C(c1cc2ccccc2o1)N1CCC(O)(Cn2ccnn2)C1. The first kappa shape index (κ1) is 14.0. The predicted octanol–water partition coefficient (Wildman–Crippen LogP) is 1.30. The maximum atomic E-state index is 12.6. The van der Waals surface area contributed by atoms with E-state index in [-0.39, 0.29) is 12.5 Å². The number of benzene rings is 1. The summed E-state index contributed by atoms with van der Waals surface area (Å²) in [6.07, 6.45) is 3.76. The Morgan fingerprint density at radius 1 is 1.39 bits per heavy atom. The van der Waals surface area contributed by atoms with Crippen LogP contribution in [-0.4, -0.2) is 49.6 Å². The molecule has 1 aliphatic rings. The molecule has 0 saturated carbocycles. The first-order valence-electron chi connectivity index (χ1n) is 7.47. The summed E-state index contributed by atoms with van der Waals surface area (Å²) in [7, 11) is 0. The molecule has 7 heteroatoms. The number of amides is 1. The maximum Gasteiger partial charge on any atom is 0.289 e. The average molecular weight is 312 g/mol. The van der Waals surface area contributed by atoms with Crippen LogP contribution in [-0.2, 0) is 6.54 Å². The fourth-order valence-corrected chi connectivity index (χ4v) is 3.02. The third kappa shape index (κ3) is 2.59. The van der Waals surface area contributed by atoms with Crippen molar-refractivity contribution in [3.8, 4) is 0 Å². The molecule has 0 bridgehead atoms. The average Bonchev–Trinajstić information content (AvgIpc) is 3.26. The molecule has 1 N–H and O–H groups in total. The second-order valence-corrected chi connectivity index (χ2v) is 5.95. The fraction of sp³-hybridized carbons (Fsp3) is 0.312. The normalized spacial score (nSPS) is 21.2. The number of furan rings is 1. The molecule has 1 fully saturated rings. The number of carbonyl (C=O) groups is 1. The highest BCUT2D eigenvalue weighted by Crippen LogP contribution is 2.26. The lowest BCUT2D eigenvalue weighted by atomic mass is 10.0. The van der Waals surface area contributed by atoms with Gasteiger partial charge in [0.25, 0.3) is 5.91 Å². The third-order valence-electron chi connectivity index (χ3n) is 4.18. The number of carbonyl (C=O) groups excluding carboxylic acids is 1. The van der Waals surface area contributed by atoms with Crippen molar-refractivity contribution in [2.45, 2.75) is 18.6 Å². The molecule has 0 aliphatic carbocycles. The summed E-state index contributed by atoms with van der Waals surface area (Å²) in [5, 5.41) is 19.1. The van der Waals surface area contributed by atoms with Crippen LogP contribution in [0.2, 0.25) is 0 Å². The minimum atomic E-state index is -0.991. The largest absolute Gasteiger partial charge is 0.451 e. The van der Waals surface area contributed by atoms with Crippen molar-refractivity contribution < 1.29 is 14.3 Å². The summed E-state index contributed by atoms with van der Waals surface area (Å²) in [6, 6.07) is 9.25. The monoisotopic (exact) mass is 312 g/mol. The lowest BCUT2D eigenvalue weighted by molar-refractivity contribution is 0.0261. The van der Waals surface area contributed by atoms with E-state index >= 15 is 0 Å². The molecule has 2 aromatic heterocycles. The zero-order chi connectivity index (χ0) is 15.9. The molecule has 1 atom stereocenters. The molecule has 1 unspecified atom stereocenters. The molecule has 1 saturated heterocycles. The number of aromatic nitrogens is 3. The Morgan fingerprint density at radius 3 is 3.04 bits per heavy atom. The van der Waals surface area contributed by atoms with Gasteiger partial charge in [0.1, 0.15) is 11.2 Å². The molecule has 1 amide bonds. The Hall–Kier alpha value is -2.67. The van der Waals surface area contributed by atoms with E-state index in [0.717, 1.165) is 5.39 Å². The van der Waals surface area contributed by atoms with Gasteiger partial charge in [-0.15, -0.1) is 5.10 Å². The molecule has 1 aromatic carbocycles. The van der Waals surface area contributed by atoms with Gasteiger partial charge in [0.2, 0.25) is 0 Å². The molecule has 7 nitrogen and oxygen atoms in total. The van der Waals surface area contributed by atoms with Crippen molar-refractivity contribution in [2.24, 2.45) is 0 Å². The van der Waals surface area contributed by atoms with E-state index in [0.29, 0.717) is 30.9 Å². The Kier molecular flexibility index (Phi) is 3.16. The fourth-order valence-electron chi connectivity index (χ4n) is 3.02. The molecule has 23 heavy (non-hydrogen) atoms. The van der Waals surface area contributed by atoms with Crippen LogP contribution >= 0.6 is 0 Å². The molecular formula is C16H16N4O3. The van der Waals surface area contributed by atoms with Gasteiger partial charge < -0.3 is 14.4 Å². The van der Waals surface area contributed by atoms with Gasteiger partial charge >= 0.3 is 0 Å². The van der Waals surface area contributed by atoms with Gasteiger partial charge in [-0.05, 0) is 18.6 Å². The summed E-state index contributed by atoms with van der Waals surface area (Å²) in [5.74, 6) is 0.104. The van der Waals surface area contributed by atoms with Gasteiger partial charge in [-0.1, -0.05) is 23.4 Å². The maximum absolute atomic E-state index is 12.6. The number of likely N-dealkylation sites (tertiary alicyclic amines) is 1. The number of fused-ring (bicyclic) bond motifs is 1. The standard InChI is InChI=1S/C16H16N4O3/c21-15(14-9-12-3-1-2-4-13(12)23-14)19-7-5-16(22,10-19)11-20-8-6-17-18-20/h1-4,6,8-9,22H,5,7,10-11H2. The summed E-state index contributed by atoms with van der Waals surface area (Å²) < 4.78 is 7.19. The van der Waals surface area contributed by atoms with Gasteiger partial charge in [0.05, 0.1) is 19.3 Å². The minimum Gasteiger partial charge on any atom is -0.451 e. The lowest BCUT2D eigenvalue weighted by Gasteiger charge is -2.22. The van der Waals surface area contributed by atoms with E-state index in [1.165, 1.54) is 0 Å². The van der Waals surface area contributed by atoms with Gasteiger partial charge in [-0.25, -0.2) is 4.68 Å². The molecule has 118 valence electrons. The number of rotatable bonds is 3. The molecule has 0 spiro atoms. The van der Waals surface area contributed by atoms with Crippen LogP contribution in [0.3, 0.4) is 0 Å². The number of hydrogen-bond acceptors (Lipinski definition) is 5. The molecule has 3 aromatic rings. The molecule has 3 heterocycles. The topological polar surface area (TPSA) is 84.4 Å². The van der Waals surface area contributed by atoms with Crippen LogP contribution in [0.15, 0.2) is 47.1 Å². The molecular weight excluding hydrogens is 296 g/mol. The van der Waals surface area contributed by atoms with Crippen LogP contribution in [0, 0.1) is 0 Å². The third-order valence-corrected chi connectivity index (χ3v) is 4.18. The summed E-state index contributed by atoms with van der Waals surface area (Å²) in [6.45, 7) is 1.06. The number of hydrogen-bond donors (Lipinski definition) is 1. The van der Waals surface area contributed by atoms with Gasteiger partial charge in [0, 0.05) is 18.1 Å².